The molecule has 0 atom stereocenters. The van der Waals surface area contributed by atoms with Crippen molar-refractivity contribution in [3.8, 4) is 5.75 Å². The second-order valence-corrected chi connectivity index (χ2v) is 11.6. The first-order valence-corrected chi connectivity index (χ1v) is 9.38. The number of carboxylic acids is 1. The van der Waals surface area contributed by atoms with Crippen molar-refractivity contribution in [2.45, 2.75) is 58.2 Å². The van der Waals surface area contributed by atoms with Crippen LogP contribution in [0.1, 0.15) is 51.9 Å². The highest BCUT2D eigenvalue weighted by Gasteiger charge is 2.47. The summed E-state index contributed by atoms with van der Waals surface area (Å²) in [4.78, 5) is 11.4. The van der Waals surface area contributed by atoms with Crippen LogP contribution in [0.5, 0.6) is 5.75 Å². The molecule has 0 amide bonds. The Bertz CT molecular complexity index is 445. The van der Waals surface area contributed by atoms with Gasteiger partial charge in [-0.15, -0.1) is 0 Å². The lowest BCUT2D eigenvalue weighted by molar-refractivity contribution is 0.0694. The van der Waals surface area contributed by atoms with Gasteiger partial charge in [-0.1, -0.05) is 53.7 Å². The van der Waals surface area contributed by atoms with Gasteiger partial charge in [0, 0.05) is 0 Å². The van der Waals surface area contributed by atoms with Gasteiger partial charge in [-0.3, -0.25) is 0 Å². The lowest BCUT2D eigenvalue weighted by Gasteiger charge is -2.42. The third-order valence-corrected chi connectivity index (χ3v) is 10.1. The number of aromatic carboxylic acids is 1. The van der Waals surface area contributed by atoms with Gasteiger partial charge in [0.15, 0.2) is 0 Å². The molecule has 0 aliphatic heterocycles. The standard InChI is InChI=1S/C16H26O3Si/c1-11(2)20(12(3)4,13(5)6)19-15-10-8-7-9-14(15)16(17)18/h7-13H,1-6H3,(H,17,18). The molecule has 1 aromatic carbocycles. The molecule has 4 heteroatoms. The van der Waals surface area contributed by atoms with Crippen molar-refractivity contribution < 1.29 is 14.3 Å². The number of benzene rings is 1. The molecule has 1 aromatic rings. The summed E-state index contributed by atoms with van der Waals surface area (Å²) in [6.45, 7) is 13.1. The molecule has 0 heterocycles. The molecule has 0 radical (unpaired) electrons. The van der Waals surface area contributed by atoms with E-state index < -0.39 is 14.3 Å². The maximum atomic E-state index is 11.4. The largest absolute Gasteiger partial charge is 0.542 e. The van der Waals surface area contributed by atoms with E-state index in [4.69, 9.17) is 4.43 Å². The molecule has 0 saturated carbocycles. The molecule has 3 nitrogen and oxygen atoms in total. The molecule has 0 fully saturated rings. The molecule has 0 aliphatic rings. The summed E-state index contributed by atoms with van der Waals surface area (Å²) < 4.78 is 6.44. The molecule has 0 aromatic heterocycles. The summed E-state index contributed by atoms with van der Waals surface area (Å²) in [7, 11) is -2.11. The van der Waals surface area contributed by atoms with Crippen LogP contribution in [0.25, 0.3) is 0 Å². The Morgan fingerprint density at radius 3 is 1.85 bits per heavy atom. The molecule has 0 spiro atoms. The van der Waals surface area contributed by atoms with Crippen LogP contribution in [0.4, 0.5) is 0 Å². The highest BCUT2D eigenvalue weighted by Crippen LogP contribution is 2.43. The Morgan fingerprint density at radius 1 is 1.00 bits per heavy atom. The topological polar surface area (TPSA) is 46.5 Å². The van der Waals surface area contributed by atoms with Crippen LogP contribution in [0.15, 0.2) is 24.3 Å². The van der Waals surface area contributed by atoms with Gasteiger partial charge in [0.2, 0.25) is 0 Å². The predicted molar refractivity (Wildman–Crippen MR) is 85.1 cm³/mol. The number of carboxylic acid groups (broad SMARTS) is 1. The SMILES string of the molecule is CC(C)[Si](Oc1ccccc1C(=O)O)(C(C)C)C(C)C. The molecule has 0 unspecified atom stereocenters. The smallest absolute Gasteiger partial charge is 0.339 e. The van der Waals surface area contributed by atoms with Gasteiger partial charge in [0.1, 0.15) is 5.75 Å². The second-order valence-electron chi connectivity index (χ2n) is 6.22. The molecule has 0 saturated heterocycles. The zero-order valence-corrected chi connectivity index (χ0v) is 14.3. The molecular formula is C16H26O3Si. The number of hydrogen-bond acceptors (Lipinski definition) is 2. The van der Waals surface area contributed by atoms with E-state index in [-0.39, 0.29) is 5.56 Å². The van der Waals surface area contributed by atoms with Crippen molar-refractivity contribution in [3.05, 3.63) is 29.8 Å². The number of carbonyl (C=O) groups is 1. The van der Waals surface area contributed by atoms with Crippen LogP contribution in [-0.4, -0.2) is 19.4 Å². The summed E-state index contributed by atoms with van der Waals surface area (Å²) >= 11 is 0. The molecule has 1 N–H and O–H groups in total. The number of para-hydroxylation sites is 1. The minimum Gasteiger partial charge on any atom is -0.542 e. The van der Waals surface area contributed by atoms with E-state index in [0.717, 1.165) is 0 Å². The molecule has 112 valence electrons. The van der Waals surface area contributed by atoms with Crippen LogP contribution >= 0.6 is 0 Å². The Labute approximate surface area is 123 Å². The first-order valence-electron chi connectivity index (χ1n) is 7.24. The van der Waals surface area contributed by atoms with Gasteiger partial charge in [0.05, 0.1) is 5.56 Å². The Kier molecular flexibility index (Phi) is 5.40. The molecule has 20 heavy (non-hydrogen) atoms. The summed E-state index contributed by atoms with van der Waals surface area (Å²) in [5.74, 6) is -0.414. The minimum absolute atomic E-state index is 0.256. The van der Waals surface area contributed by atoms with Gasteiger partial charge < -0.3 is 9.53 Å². The van der Waals surface area contributed by atoms with Crippen molar-refractivity contribution in [2.75, 3.05) is 0 Å². The van der Waals surface area contributed by atoms with Gasteiger partial charge in [-0.2, -0.15) is 0 Å². The number of hydrogen-bond donors (Lipinski definition) is 1. The fourth-order valence-electron chi connectivity index (χ4n) is 3.28. The van der Waals surface area contributed by atoms with Crippen LogP contribution < -0.4 is 4.43 Å². The van der Waals surface area contributed by atoms with E-state index in [1.165, 1.54) is 0 Å². The van der Waals surface area contributed by atoms with Crippen molar-refractivity contribution in [3.63, 3.8) is 0 Å². The zero-order valence-electron chi connectivity index (χ0n) is 13.3. The molecular weight excluding hydrogens is 268 g/mol. The second kappa shape index (κ2) is 6.44. The quantitative estimate of drug-likeness (QED) is 0.756. The average Bonchev–Trinajstić information content (AvgIpc) is 2.34. The Balaban J connectivity index is 3.30. The fraction of sp³-hybridized carbons (Fsp3) is 0.562. The van der Waals surface area contributed by atoms with Gasteiger partial charge in [-0.25, -0.2) is 4.79 Å². The first-order chi connectivity index (χ1) is 9.23. The van der Waals surface area contributed by atoms with Gasteiger partial charge in [0.25, 0.3) is 8.32 Å². The van der Waals surface area contributed by atoms with E-state index >= 15 is 0 Å². The summed E-state index contributed by atoms with van der Waals surface area (Å²) in [5.41, 5.74) is 1.52. The average molecular weight is 294 g/mol. The van der Waals surface area contributed by atoms with Crippen molar-refractivity contribution >= 4 is 14.3 Å². The van der Waals surface area contributed by atoms with Gasteiger partial charge >= 0.3 is 5.97 Å². The molecule has 0 bridgehead atoms. The Morgan fingerprint density at radius 2 is 1.45 bits per heavy atom. The summed E-state index contributed by atoms with van der Waals surface area (Å²) in [6.07, 6.45) is 0. The fourth-order valence-corrected chi connectivity index (χ4v) is 8.54. The van der Waals surface area contributed by atoms with Crippen molar-refractivity contribution in [1.29, 1.82) is 0 Å². The number of rotatable bonds is 6. The van der Waals surface area contributed by atoms with Crippen molar-refractivity contribution in [1.82, 2.24) is 0 Å². The van der Waals surface area contributed by atoms with Crippen molar-refractivity contribution in [2.24, 2.45) is 0 Å². The van der Waals surface area contributed by atoms with E-state index in [0.29, 0.717) is 22.4 Å². The van der Waals surface area contributed by atoms with E-state index in [1.54, 1.807) is 18.2 Å². The lowest BCUT2D eigenvalue weighted by atomic mass is 10.2. The highest BCUT2D eigenvalue weighted by molar-refractivity contribution is 6.78. The van der Waals surface area contributed by atoms with Crippen LogP contribution in [-0.2, 0) is 0 Å². The van der Waals surface area contributed by atoms with E-state index in [2.05, 4.69) is 41.5 Å². The minimum atomic E-state index is -2.11. The van der Waals surface area contributed by atoms with Crippen LogP contribution in [0.3, 0.4) is 0 Å². The third kappa shape index (κ3) is 3.06. The zero-order chi connectivity index (χ0) is 15.5. The molecule has 1 rings (SSSR count). The molecule has 0 aliphatic carbocycles. The van der Waals surface area contributed by atoms with E-state index in [1.807, 2.05) is 6.07 Å². The van der Waals surface area contributed by atoms with Crippen LogP contribution in [0, 0.1) is 0 Å². The predicted octanol–water partition coefficient (Wildman–Crippen LogP) is 4.94. The lowest BCUT2D eigenvalue weighted by Crippen LogP contribution is -2.51. The first kappa shape index (κ1) is 16.8. The summed E-state index contributed by atoms with van der Waals surface area (Å²) in [5, 5.41) is 9.31. The maximum absolute atomic E-state index is 11.4. The monoisotopic (exact) mass is 294 g/mol. The van der Waals surface area contributed by atoms with Gasteiger partial charge in [-0.05, 0) is 28.8 Å². The normalized spacial score (nSPS) is 12.2. The van der Waals surface area contributed by atoms with Crippen LogP contribution in [0.2, 0.25) is 16.6 Å². The third-order valence-electron chi connectivity index (χ3n) is 4.11. The maximum Gasteiger partial charge on any atom is 0.339 e. The highest BCUT2D eigenvalue weighted by atomic mass is 28.4. The Hall–Kier alpha value is -1.29. The summed E-state index contributed by atoms with van der Waals surface area (Å²) in [6, 6.07) is 6.96. The van der Waals surface area contributed by atoms with E-state index in [9.17, 15) is 9.90 Å².